The third kappa shape index (κ3) is 4.12. The Kier molecular flexibility index (Phi) is 4.76. The van der Waals surface area contributed by atoms with Gasteiger partial charge in [0.15, 0.2) is 0 Å². The topological polar surface area (TPSA) is 66.4 Å². The molecule has 1 atom stereocenters. The molecule has 0 heterocycles. The van der Waals surface area contributed by atoms with Gasteiger partial charge in [-0.25, -0.2) is 8.78 Å². The SMILES string of the molecule is CC(=O)NC(CCC(=O)O)c1ccc(F)cc1F. The van der Waals surface area contributed by atoms with E-state index in [1.807, 2.05) is 0 Å². The molecule has 1 rings (SSSR count). The lowest BCUT2D eigenvalue weighted by Gasteiger charge is -2.18. The smallest absolute Gasteiger partial charge is 0.303 e. The van der Waals surface area contributed by atoms with Gasteiger partial charge in [0.1, 0.15) is 11.6 Å². The van der Waals surface area contributed by atoms with E-state index >= 15 is 0 Å². The molecule has 18 heavy (non-hydrogen) atoms. The number of carbonyl (C=O) groups is 2. The number of carboxylic acids is 1. The predicted octanol–water partition coefficient (Wildman–Crippen LogP) is 2.01. The number of amides is 1. The average Bonchev–Trinajstić information content (AvgIpc) is 2.24. The van der Waals surface area contributed by atoms with Gasteiger partial charge in [-0.2, -0.15) is 0 Å². The first-order valence-electron chi connectivity index (χ1n) is 5.34. The van der Waals surface area contributed by atoms with Crippen LogP contribution in [0.3, 0.4) is 0 Å². The molecule has 0 aliphatic carbocycles. The van der Waals surface area contributed by atoms with Gasteiger partial charge in [0.2, 0.25) is 5.91 Å². The van der Waals surface area contributed by atoms with E-state index in [9.17, 15) is 18.4 Å². The summed E-state index contributed by atoms with van der Waals surface area (Å²) >= 11 is 0. The summed E-state index contributed by atoms with van der Waals surface area (Å²) in [6.45, 7) is 1.25. The van der Waals surface area contributed by atoms with Crippen LogP contribution in [-0.2, 0) is 9.59 Å². The molecule has 0 aliphatic rings. The van der Waals surface area contributed by atoms with Crippen molar-refractivity contribution >= 4 is 11.9 Å². The first-order valence-corrected chi connectivity index (χ1v) is 5.34. The third-order valence-electron chi connectivity index (χ3n) is 2.36. The molecule has 0 radical (unpaired) electrons. The Bertz CT molecular complexity index is 463. The van der Waals surface area contributed by atoms with Crippen LogP contribution in [0.2, 0.25) is 0 Å². The van der Waals surface area contributed by atoms with Gasteiger partial charge < -0.3 is 10.4 Å². The van der Waals surface area contributed by atoms with Crippen LogP contribution in [-0.4, -0.2) is 17.0 Å². The number of benzene rings is 1. The van der Waals surface area contributed by atoms with Crippen molar-refractivity contribution < 1.29 is 23.5 Å². The highest BCUT2D eigenvalue weighted by Crippen LogP contribution is 2.22. The van der Waals surface area contributed by atoms with Crippen molar-refractivity contribution in [2.24, 2.45) is 0 Å². The fourth-order valence-corrected chi connectivity index (χ4v) is 1.60. The zero-order valence-corrected chi connectivity index (χ0v) is 9.74. The number of carbonyl (C=O) groups excluding carboxylic acids is 1. The van der Waals surface area contributed by atoms with Crippen molar-refractivity contribution in [3.8, 4) is 0 Å². The lowest BCUT2D eigenvalue weighted by Crippen LogP contribution is -2.27. The predicted molar refractivity (Wildman–Crippen MR) is 59.8 cm³/mol. The summed E-state index contributed by atoms with van der Waals surface area (Å²) in [5.41, 5.74) is 0.0767. The molecule has 1 unspecified atom stereocenters. The molecule has 0 aliphatic heterocycles. The summed E-state index contributed by atoms with van der Waals surface area (Å²) in [5, 5.41) is 11.0. The Balaban J connectivity index is 2.93. The minimum Gasteiger partial charge on any atom is -0.481 e. The summed E-state index contributed by atoms with van der Waals surface area (Å²) in [7, 11) is 0. The van der Waals surface area contributed by atoms with Crippen LogP contribution in [0.25, 0.3) is 0 Å². The van der Waals surface area contributed by atoms with Gasteiger partial charge in [0.25, 0.3) is 0 Å². The molecule has 2 N–H and O–H groups in total. The van der Waals surface area contributed by atoms with Crippen molar-refractivity contribution in [3.63, 3.8) is 0 Å². The molecule has 0 saturated heterocycles. The molecule has 0 spiro atoms. The van der Waals surface area contributed by atoms with Crippen LogP contribution < -0.4 is 5.32 Å². The maximum Gasteiger partial charge on any atom is 0.303 e. The fraction of sp³-hybridized carbons (Fsp3) is 0.333. The van der Waals surface area contributed by atoms with Crippen molar-refractivity contribution in [2.75, 3.05) is 0 Å². The monoisotopic (exact) mass is 257 g/mol. The zero-order valence-electron chi connectivity index (χ0n) is 9.74. The lowest BCUT2D eigenvalue weighted by molar-refractivity contribution is -0.137. The molecule has 6 heteroatoms. The van der Waals surface area contributed by atoms with E-state index in [1.54, 1.807) is 0 Å². The highest BCUT2D eigenvalue weighted by atomic mass is 19.1. The second-order valence-corrected chi connectivity index (χ2v) is 3.85. The molecule has 1 aromatic rings. The third-order valence-corrected chi connectivity index (χ3v) is 2.36. The zero-order chi connectivity index (χ0) is 13.7. The van der Waals surface area contributed by atoms with Gasteiger partial charge in [0.05, 0.1) is 6.04 Å². The minimum atomic E-state index is -1.05. The molecule has 0 fully saturated rings. The van der Waals surface area contributed by atoms with Gasteiger partial charge in [-0.05, 0) is 12.5 Å². The van der Waals surface area contributed by atoms with Crippen LogP contribution in [0.1, 0.15) is 31.4 Å². The van der Waals surface area contributed by atoms with Crippen LogP contribution in [0.15, 0.2) is 18.2 Å². The summed E-state index contributed by atoms with van der Waals surface area (Å²) in [6, 6.07) is 2.19. The van der Waals surface area contributed by atoms with Crippen molar-refractivity contribution in [1.82, 2.24) is 5.32 Å². The largest absolute Gasteiger partial charge is 0.481 e. The second-order valence-electron chi connectivity index (χ2n) is 3.85. The molecule has 1 aromatic carbocycles. The Hall–Kier alpha value is -1.98. The van der Waals surface area contributed by atoms with E-state index in [1.165, 1.54) is 13.0 Å². The normalized spacial score (nSPS) is 11.9. The van der Waals surface area contributed by atoms with Crippen molar-refractivity contribution in [1.29, 1.82) is 0 Å². The number of carboxylic acid groups (broad SMARTS) is 1. The van der Waals surface area contributed by atoms with E-state index in [2.05, 4.69) is 5.32 Å². The van der Waals surface area contributed by atoms with E-state index in [0.29, 0.717) is 6.07 Å². The number of rotatable bonds is 5. The Labute approximate surface area is 103 Å². The summed E-state index contributed by atoms with van der Waals surface area (Å²) in [4.78, 5) is 21.5. The molecule has 1 amide bonds. The van der Waals surface area contributed by atoms with E-state index < -0.39 is 29.6 Å². The molecule has 0 bridgehead atoms. The standard InChI is InChI=1S/C12H13F2NO3/c1-7(16)15-11(4-5-12(17)18)9-3-2-8(13)6-10(9)14/h2-3,6,11H,4-5H2,1H3,(H,15,16)(H,17,18). The lowest BCUT2D eigenvalue weighted by atomic mass is 10.0. The minimum absolute atomic E-state index is 0.0392. The number of nitrogens with one attached hydrogen (secondary N) is 1. The van der Waals surface area contributed by atoms with Crippen LogP contribution in [0.5, 0.6) is 0 Å². The molecule has 0 aromatic heterocycles. The van der Waals surface area contributed by atoms with Gasteiger partial charge in [0, 0.05) is 25.0 Å². The number of hydrogen-bond donors (Lipinski definition) is 2. The van der Waals surface area contributed by atoms with Gasteiger partial charge in [-0.15, -0.1) is 0 Å². The van der Waals surface area contributed by atoms with Gasteiger partial charge in [-0.3, -0.25) is 9.59 Å². The summed E-state index contributed by atoms with van der Waals surface area (Å²) in [6.07, 6.45) is -0.181. The maximum absolute atomic E-state index is 13.5. The van der Waals surface area contributed by atoms with Crippen LogP contribution >= 0.6 is 0 Å². The molecular weight excluding hydrogens is 244 g/mol. The van der Waals surface area contributed by atoms with Gasteiger partial charge in [-0.1, -0.05) is 6.07 Å². The Morgan fingerprint density at radius 3 is 2.56 bits per heavy atom. The Morgan fingerprint density at radius 1 is 1.39 bits per heavy atom. The molecular formula is C12H13F2NO3. The van der Waals surface area contributed by atoms with E-state index in [-0.39, 0.29) is 18.4 Å². The fourth-order valence-electron chi connectivity index (χ4n) is 1.60. The highest BCUT2D eigenvalue weighted by molar-refractivity contribution is 5.73. The highest BCUT2D eigenvalue weighted by Gasteiger charge is 2.18. The quantitative estimate of drug-likeness (QED) is 0.847. The first-order chi connectivity index (χ1) is 8.40. The molecule has 0 saturated carbocycles. The number of aliphatic carboxylic acids is 1. The summed E-state index contributed by atoms with van der Waals surface area (Å²) in [5.74, 6) is -2.99. The van der Waals surface area contributed by atoms with Crippen LogP contribution in [0, 0.1) is 11.6 Å². The first kappa shape index (κ1) is 14.1. The molecule has 4 nitrogen and oxygen atoms in total. The second kappa shape index (κ2) is 6.09. The average molecular weight is 257 g/mol. The van der Waals surface area contributed by atoms with Crippen molar-refractivity contribution in [3.05, 3.63) is 35.4 Å². The van der Waals surface area contributed by atoms with Crippen molar-refractivity contribution in [2.45, 2.75) is 25.8 Å². The summed E-state index contributed by atoms with van der Waals surface area (Å²) < 4.78 is 26.3. The van der Waals surface area contributed by atoms with E-state index in [0.717, 1.165) is 6.07 Å². The number of hydrogen-bond acceptors (Lipinski definition) is 2. The maximum atomic E-state index is 13.5. The van der Waals surface area contributed by atoms with Crippen LogP contribution in [0.4, 0.5) is 8.78 Å². The van der Waals surface area contributed by atoms with E-state index in [4.69, 9.17) is 5.11 Å². The Morgan fingerprint density at radius 2 is 2.06 bits per heavy atom. The van der Waals surface area contributed by atoms with Gasteiger partial charge >= 0.3 is 5.97 Å². The number of halogens is 2. The molecule has 98 valence electrons.